The quantitative estimate of drug-likeness (QED) is 0.0632. The van der Waals surface area contributed by atoms with E-state index in [2.05, 4.69) is 10.3 Å². The fraction of sp³-hybridized carbons (Fsp3) is 0.356. The second kappa shape index (κ2) is 20.0. The summed E-state index contributed by atoms with van der Waals surface area (Å²) < 4.78 is 11.4. The smallest absolute Gasteiger partial charge is 0.408 e. The molecule has 4 aromatic carbocycles. The minimum atomic E-state index is -0.953. The number of nitrogens with one attached hydrogen (secondary N) is 1. The first-order chi connectivity index (χ1) is 27.3. The third-order valence-electron chi connectivity index (χ3n) is 10.5. The molecule has 2 amide bonds. The Bertz CT molecular complexity index is 2020. The fourth-order valence-electron chi connectivity index (χ4n) is 7.42. The van der Waals surface area contributed by atoms with Crippen molar-refractivity contribution in [3.05, 3.63) is 137 Å². The topological polar surface area (TPSA) is 145 Å². The molecule has 0 spiro atoms. The van der Waals surface area contributed by atoms with Crippen LogP contribution in [0.25, 0.3) is 11.1 Å². The number of fused-ring (bicyclic) bond motifs is 1. The number of aryl methyl sites for hydroxylation is 2. The van der Waals surface area contributed by atoms with Gasteiger partial charge in [0, 0.05) is 23.9 Å². The second-order valence-corrected chi connectivity index (χ2v) is 15.0. The van der Waals surface area contributed by atoms with Gasteiger partial charge in [-0.2, -0.15) is 0 Å². The van der Waals surface area contributed by atoms with Crippen LogP contribution in [0.15, 0.2) is 114 Å². The van der Waals surface area contributed by atoms with Gasteiger partial charge in [0.15, 0.2) is 11.4 Å². The molecular weight excluding hydrogens is 728 g/mol. The van der Waals surface area contributed by atoms with E-state index in [1.54, 1.807) is 17.0 Å². The van der Waals surface area contributed by atoms with Gasteiger partial charge in [0.25, 0.3) is 5.89 Å². The van der Waals surface area contributed by atoms with E-state index in [1.807, 2.05) is 97.1 Å². The first kappa shape index (κ1) is 40.3. The monoisotopic (exact) mass is 776 g/mol. The van der Waals surface area contributed by atoms with Gasteiger partial charge >= 0.3 is 6.09 Å². The molecule has 6 rings (SSSR count). The number of ketones is 2. The van der Waals surface area contributed by atoms with Crippen molar-refractivity contribution in [2.45, 2.75) is 76.5 Å². The number of nitrogens with zero attached hydrogens (tertiary/aromatic N) is 2. The average molecular weight is 777 g/mol. The Labute approximate surface area is 332 Å². The summed E-state index contributed by atoms with van der Waals surface area (Å²) >= 11 is 6.13. The number of carbonyl (C=O) groups is 4. The summed E-state index contributed by atoms with van der Waals surface area (Å²) in [6.45, 7) is 0.842. The molecule has 3 N–H and O–H groups in total. The summed E-state index contributed by atoms with van der Waals surface area (Å²) in [5.41, 5.74) is 9.79. The number of halogens is 1. The molecule has 0 saturated carbocycles. The van der Waals surface area contributed by atoms with Gasteiger partial charge in [0.1, 0.15) is 18.2 Å². The molecule has 0 unspecified atom stereocenters. The molecule has 11 heteroatoms. The van der Waals surface area contributed by atoms with Gasteiger partial charge in [-0.1, -0.05) is 103 Å². The highest BCUT2D eigenvalue weighted by Gasteiger charge is 2.43. The number of amides is 2. The number of likely N-dealkylation sites (tertiary alicyclic amines) is 1. The highest BCUT2D eigenvalue weighted by molar-refractivity contribution is 6.30. The van der Waals surface area contributed by atoms with Crippen LogP contribution < -0.4 is 11.1 Å². The van der Waals surface area contributed by atoms with Gasteiger partial charge in [-0.25, -0.2) is 9.78 Å². The molecule has 5 aromatic rings. The maximum absolute atomic E-state index is 14.7. The van der Waals surface area contributed by atoms with Crippen LogP contribution in [0.3, 0.4) is 0 Å². The third kappa shape index (κ3) is 11.1. The molecule has 0 aliphatic carbocycles. The van der Waals surface area contributed by atoms with E-state index in [0.717, 1.165) is 29.5 Å². The Morgan fingerprint density at radius 1 is 0.839 bits per heavy atom. The van der Waals surface area contributed by atoms with Crippen molar-refractivity contribution in [3.63, 3.8) is 0 Å². The number of benzene rings is 4. The lowest BCUT2D eigenvalue weighted by Gasteiger charge is -2.29. The summed E-state index contributed by atoms with van der Waals surface area (Å²) in [5.74, 6) is -1.63. The zero-order valence-electron chi connectivity index (χ0n) is 31.5. The van der Waals surface area contributed by atoms with Crippen LogP contribution in [0.2, 0.25) is 5.02 Å². The van der Waals surface area contributed by atoms with Crippen molar-refractivity contribution in [2.75, 3.05) is 13.1 Å². The Balaban J connectivity index is 1.23. The van der Waals surface area contributed by atoms with E-state index in [0.29, 0.717) is 67.7 Å². The minimum absolute atomic E-state index is 0.00631. The number of aromatic nitrogens is 1. The molecule has 1 aliphatic heterocycles. The molecule has 0 radical (unpaired) electrons. The number of rotatable bonds is 19. The van der Waals surface area contributed by atoms with Crippen molar-refractivity contribution in [2.24, 2.45) is 17.6 Å². The minimum Gasteiger partial charge on any atom is -0.445 e. The van der Waals surface area contributed by atoms with Crippen LogP contribution in [-0.2, 0) is 33.8 Å². The lowest BCUT2D eigenvalue weighted by Crippen LogP contribution is -2.52. The standard InChI is InChI=1S/C45H49ClN4O6/c46-36-23-20-32(21-24-36)18-19-34-27-39(40(51)28-35(15-9-10-26-47)42(52)43-48-37-16-7-8-17-41(37)56-43)50(29-34)44(53)38(25-22-31-11-3-1-4-12-31)49-45(54)55-30-33-13-5-2-6-14-33/h1-8,11-14,16-17,20-21,23-24,34-35,38-39H,9-10,15,18-19,22,25-30,47H2,(H,49,54)/t34-,35-,38-,39+/m1/s1. The molecule has 1 saturated heterocycles. The van der Waals surface area contributed by atoms with E-state index in [9.17, 15) is 19.2 Å². The maximum Gasteiger partial charge on any atom is 0.408 e. The number of hydrogen-bond acceptors (Lipinski definition) is 8. The Morgan fingerprint density at radius 3 is 2.23 bits per heavy atom. The van der Waals surface area contributed by atoms with Crippen molar-refractivity contribution >= 4 is 46.3 Å². The third-order valence-corrected chi connectivity index (χ3v) is 10.7. The zero-order chi connectivity index (χ0) is 39.3. The molecule has 0 bridgehead atoms. The van der Waals surface area contributed by atoms with Crippen molar-refractivity contribution in [3.8, 4) is 0 Å². The molecule has 10 nitrogen and oxygen atoms in total. The van der Waals surface area contributed by atoms with Crippen LogP contribution in [0.5, 0.6) is 0 Å². The SMILES string of the molecule is NCCCC[C@H](CC(=O)[C@@H]1C[C@@H](CCc2ccc(Cl)cc2)CN1C(=O)[C@@H](CCc1ccccc1)NC(=O)OCc1ccccc1)C(=O)c1nc2ccccc2o1. The number of hydrogen-bond donors (Lipinski definition) is 2. The summed E-state index contributed by atoms with van der Waals surface area (Å²) in [6.07, 6.45) is 3.70. The number of ether oxygens (including phenoxy) is 1. The van der Waals surface area contributed by atoms with Crippen LogP contribution in [-0.4, -0.2) is 58.6 Å². The summed E-state index contributed by atoms with van der Waals surface area (Å²) in [5, 5.41) is 3.49. The first-order valence-electron chi connectivity index (χ1n) is 19.5. The van der Waals surface area contributed by atoms with Gasteiger partial charge < -0.3 is 25.1 Å². The molecule has 56 heavy (non-hydrogen) atoms. The summed E-state index contributed by atoms with van der Waals surface area (Å²) in [6, 6.07) is 32.1. The number of para-hydroxylation sites is 2. The Kier molecular flexibility index (Phi) is 14.4. The highest BCUT2D eigenvalue weighted by atomic mass is 35.5. The van der Waals surface area contributed by atoms with Gasteiger partial charge in [0.05, 0.1) is 6.04 Å². The molecule has 2 heterocycles. The zero-order valence-corrected chi connectivity index (χ0v) is 32.2. The van der Waals surface area contributed by atoms with Crippen LogP contribution in [0, 0.1) is 11.8 Å². The van der Waals surface area contributed by atoms with Crippen LogP contribution >= 0.6 is 11.6 Å². The van der Waals surface area contributed by atoms with Crippen LogP contribution in [0.4, 0.5) is 4.79 Å². The van der Waals surface area contributed by atoms with E-state index < -0.39 is 24.1 Å². The Morgan fingerprint density at radius 2 is 1.52 bits per heavy atom. The van der Waals surface area contributed by atoms with Crippen molar-refractivity contribution in [1.82, 2.24) is 15.2 Å². The predicted molar refractivity (Wildman–Crippen MR) is 216 cm³/mol. The largest absolute Gasteiger partial charge is 0.445 e. The lowest BCUT2D eigenvalue weighted by molar-refractivity contribution is -0.139. The number of Topliss-reactive ketones (excluding diaryl/α,β-unsaturated/α-hetero) is 2. The second-order valence-electron chi connectivity index (χ2n) is 14.6. The summed E-state index contributed by atoms with van der Waals surface area (Å²) in [7, 11) is 0. The summed E-state index contributed by atoms with van der Waals surface area (Å²) in [4.78, 5) is 62.4. The maximum atomic E-state index is 14.7. The fourth-order valence-corrected chi connectivity index (χ4v) is 7.54. The van der Waals surface area contributed by atoms with Gasteiger partial charge in [-0.15, -0.1) is 0 Å². The van der Waals surface area contributed by atoms with E-state index in [4.69, 9.17) is 26.5 Å². The predicted octanol–water partition coefficient (Wildman–Crippen LogP) is 8.15. The van der Waals surface area contributed by atoms with Gasteiger partial charge in [-0.05, 0) is 98.4 Å². The number of oxazole rings is 1. The van der Waals surface area contributed by atoms with Crippen LogP contribution in [0.1, 0.15) is 72.3 Å². The van der Waals surface area contributed by atoms with Gasteiger partial charge in [-0.3, -0.25) is 14.4 Å². The highest BCUT2D eigenvalue weighted by Crippen LogP contribution is 2.32. The average Bonchev–Trinajstić information content (AvgIpc) is 3.87. The van der Waals surface area contributed by atoms with E-state index >= 15 is 0 Å². The number of nitrogens with two attached hydrogens (primary N) is 1. The number of alkyl carbamates (subject to hydrolysis) is 1. The lowest BCUT2D eigenvalue weighted by atomic mass is 9.88. The normalized spacial score (nSPS) is 16.4. The van der Waals surface area contributed by atoms with E-state index in [-0.39, 0.29) is 42.3 Å². The van der Waals surface area contributed by atoms with Gasteiger partial charge in [0.2, 0.25) is 11.7 Å². The molecule has 1 fully saturated rings. The first-order valence-corrected chi connectivity index (χ1v) is 19.8. The van der Waals surface area contributed by atoms with E-state index in [1.165, 1.54) is 0 Å². The Hall–Kier alpha value is -5.32. The molecule has 292 valence electrons. The molecular formula is C45H49ClN4O6. The number of carbonyl (C=O) groups excluding carboxylic acids is 4. The number of unbranched alkanes of at least 4 members (excludes halogenated alkanes) is 1. The molecule has 1 aliphatic rings. The molecule has 4 atom stereocenters. The van der Waals surface area contributed by atoms with Crippen molar-refractivity contribution < 1.29 is 28.3 Å². The molecule has 1 aromatic heterocycles. The van der Waals surface area contributed by atoms with Crippen molar-refractivity contribution in [1.29, 1.82) is 0 Å².